The second-order valence-corrected chi connectivity index (χ2v) is 6.12. The number of ether oxygens (including phenoxy) is 1. The van der Waals surface area contributed by atoms with Crippen molar-refractivity contribution in [1.82, 2.24) is 15.1 Å². The number of aryl methyl sites for hydroxylation is 2. The van der Waals surface area contributed by atoms with Crippen LogP contribution >= 0.6 is 0 Å². The molecule has 0 saturated carbocycles. The van der Waals surface area contributed by atoms with Gasteiger partial charge in [-0.2, -0.15) is 5.10 Å². The summed E-state index contributed by atoms with van der Waals surface area (Å²) in [6.07, 6.45) is 0.244. The molecule has 0 aromatic carbocycles. The maximum absolute atomic E-state index is 11.5. The van der Waals surface area contributed by atoms with Gasteiger partial charge in [-0.3, -0.25) is 4.68 Å². The summed E-state index contributed by atoms with van der Waals surface area (Å²) in [5, 5.41) is 7.05. The predicted octanol–water partition coefficient (Wildman–Crippen LogP) is 1.43. The summed E-state index contributed by atoms with van der Waals surface area (Å²) in [6.45, 7) is 9.85. The van der Waals surface area contributed by atoms with Crippen molar-refractivity contribution < 1.29 is 9.53 Å². The minimum absolute atomic E-state index is 0.163. The lowest BCUT2D eigenvalue weighted by Gasteiger charge is -2.20. The number of carbonyl (C=O) groups excluding carboxylic acids is 1. The maximum atomic E-state index is 11.5. The Kier molecular flexibility index (Phi) is 5.16. The molecule has 3 N–H and O–H groups in total. The molecule has 1 unspecified atom stereocenters. The Morgan fingerprint density at radius 3 is 2.50 bits per heavy atom. The molecule has 1 heterocycles. The molecule has 0 spiro atoms. The average molecular weight is 282 g/mol. The first-order valence-corrected chi connectivity index (χ1v) is 6.81. The van der Waals surface area contributed by atoms with Crippen LogP contribution < -0.4 is 11.1 Å². The molecule has 0 saturated heterocycles. The van der Waals surface area contributed by atoms with Gasteiger partial charge in [0.05, 0.1) is 5.69 Å². The van der Waals surface area contributed by atoms with Gasteiger partial charge < -0.3 is 15.8 Å². The Labute approximate surface area is 120 Å². The van der Waals surface area contributed by atoms with E-state index in [1.807, 2.05) is 46.3 Å². The van der Waals surface area contributed by atoms with Gasteiger partial charge in [-0.05, 0) is 46.6 Å². The zero-order chi connectivity index (χ0) is 15.5. The number of rotatable bonds is 4. The van der Waals surface area contributed by atoms with Crippen molar-refractivity contribution in [1.29, 1.82) is 0 Å². The van der Waals surface area contributed by atoms with Gasteiger partial charge in [0.15, 0.2) is 0 Å². The largest absolute Gasteiger partial charge is 0.444 e. The van der Waals surface area contributed by atoms with Crippen LogP contribution in [-0.4, -0.2) is 34.1 Å². The summed E-state index contributed by atoms with van der Waals surface area (Å²) >= 11 is 0. The van der Waals surface area contributed by atoms with Gasteiger partial charge in [0.2, 0.25) is 0 Å². The Morgan fingerprint density at radius 1 is 1.45 bits per heavy atom. The van der Waals surface area contributed by atoms with E-state index in [4.69, 9.17) is 10.5 Å². The van der Waals surface area contributed by atoms with Gasteiger partial charge in [0.1, 0.15) is 5.60 Å². The Bertz CT molecular complexity index is 474. The number of carbonyl (C=O) groups is 1. The van der Waals surface area contributed by atoms with E-state index >= 15 is 0 Å². The fourth-order valence-electron chi connectivity index (χ4n) is 1.98. The molecule has 0 aliphatic carbocycles. The molecule has 6 heteroatoms. The van der Waals surface area contributed by atoms with E-state index in [0.717, 1.165) is 17.0 Å². The van der Waals surface area contributed by atoms with Gasteiger partial charge in [0, 0.05) is 25.3 Å². The lowest BCUT2D eigenvalue weighted by Crippen LogP contribution is -2.41. The van der Waals surface area contributed by atoms with E-state index in [1.165, 1.54) is 0 Å². The maximum Gasteiger partial charge on any atom is 0.407 e. The van der Waals surface area contributed by atoms with Crippen molar-refractivity contribution in [2.75, 3.05) is 6.54 Å². The molecular weight excluding hydrogens is 256 g/mol. The Balaban J connectivity index is 2.48. The lowest BCUT2D eigenvalue weighted by atomic mass is 10.0. The zero-order valence-electron chi connectivity index (χ0n) is 13.3. The van der Waals surface area contributed by atoms with Gasteiger partial charge in [-0.1, -0.05) is 0 Å². The minimum atomic E-state index is -0.495. The van der Waals surface area contributed by atoms with Crippen molar-refractivity contribution in [3.05, 3.63) is 17.0 Å². The zero-order valence-corrected chi connectivity index (χ0v) is 13.3. The van der Waals surface area contributed by atoms with E-state index in [0.29, 0.717) is 13.0 Å². The number of alkyl carbamates (subject to hydrolysis) is 1. The third kappa shape index (κ3) is 4.85. The highest BCUT2D eigenvalue weighted by molar-refractivity contribution is 5.67. The highest BCUT2D eigenvalue weighted by Crippen LogP contribution is 2.13. The van der Waals surface area contributed by atoms with E-state index in [9.17, 15) is 4.79 Å². The summed E-state index contributed by atoms with van der Waals surface area (Å²) < 4.78 is 7.01. The lowest BCUT2D eigenvalue weighted by molar-refractivity contribution is 0.0524. The molecule has 0 fully saturated rings. The number of nitrogens with two attached hydrogens (primary N) is 1. The highest BCUT2D eigenvalue weighted by Gasteiger charge is 2.18. The Morgan fingerprint density at radius 2 is 2.05 bits per heavy atom. The molecule has 1 rings (SSSR count). The Hall–Kier alpha value is -1.56. The van der Waals surface area contributed by atoms with E-state index in [1.54, 1.807) is 0 Å². The van der Waals surface area contributed by atoms with Crippen LogP contribution in [0.2, 0.25) is 0 Å². The van der Waals surface area contributed by atoms with Crippen LogP contribution in [0.3, 0.4) is 0 Å². The normalized spacial score (nSPS) is 13.2. The monoisotopic (exact) mass is 282 g/mol. The fourth-order valence-corrected chi connectivity index (χ4v) is 1.98. The van der Waals surface area contributed by atoms with Crippen molar-refractivity contribution in [3.8, 4) is 0 Å². The van der Waals surface area contributed by atoms with E-state index in [-0.39, 0.29) is 6.04 Å². The van der Waals surface area contributed by atoms with Crippen molar-refractivity contribution in [2.45, 2.75) is 52.7 Å². The molecule has 6 nitrogen and oxygen atoms in total. The molecule has 0 radical (unpaired) electrons. The summed E-state index contributed by atoms with van der Waals surface area (Å²) in [5.74, 6) is 0. The van der Waals surface area contributed by atoms with Crippen molar-refractivity contribution >= 4 is 6.09 Å². The number of aromatic nitrogens is 2. The number of hydrogen-bond donors (Lipinski definition) is 2. The molecule has 1 aromatic rings. The average Bonchev–Trinajstić information content (AvgIpc) is 2.51. The summed E-state index contributed by atoms with van der Waals surface area (Å²) in [7, 11) is 1.91. The summed E-state index contributed by atoms with van der Waals surface area (Å²) in [5.41, 5.74) is 8.80. The first-order valence-electron chi connectivity index (χ1n) is 6.81. The molecule has 114 valence electrons. The van der Waals surface area contributed by atoms with Crippen LogP contribution in [-0.2, 0) is 18.2 Å². The highest BCUT2D eigenvalue weighted by atomic mass is 16.6. The van der Waals surface area contributed by atoms with Crippen LogP contribution in [0.1, 0.15) is 37.7 Å². The quantitative estimate of drug-likeness (QED) is 0.875. The fraction of sp³-hybridized carbons (Fsp3) is 0.714. The molecule has 1 amide bonds. The van der Waals surface area contributed by atoms with Crippen molar-refractivity contribution in [3.63, 3.8) is 0 Å². The first kappa shape index (κ1) is 16.5. The van der Waals surface area contributed by atoms with Gasteiger partial charge in [-0.15, -0.1) is 0 Å². The van der Waals surface area contributed by atoms with Crippen LogP contribution in [0.25, 0.3) is 0 Å². The minimum Gasteiger partial charge on any atom is -0.444 e. The van der Waals surface area contributed by atoms with Gasteiger partial charge in [-0.25, -0.2) is 4.79 Å². The molecule has 0 bridgehead atoms. The standard InChI is InChI=1S/C14H26N4O2/c1-9-12(10(2)18(6)17-9)7-11(15)8-16-13(19)20-14(3,4)5/h11H,7-8,15H2,1-6H3,(H,16,19). The van der Waals surface area contributed by atoms with Crippen LogP contribution in [0, 0.1) is 13.8 Å². The van der Waals surface area contributed by atoms with Crippen LogP contribution in [0.5, 0.6) is 0 Å². The molecule has 0 aliphatic rings. The molecular formula is C14H26N4O2. The second kappa shape index (κ2) is 6.26. The molecule has 0 aliphatic heterocycles. The topological polar surface area (TPSA) is 82.2 Å². The number of nitrogens with one attached hydrogen (secondary N) is 1. The second-order valence-electron chi connectivity index (χ2n) is 6.12. The van der Waals surface area contributed by atoms with E-state index in [2.05, 4.69) is 10.4 Å². The number of hydrogen-bond acceptors (Lipinski definition) is 4. The third-order valence-electron chi connectivity index (χ3n) is 3.03. The third-order valence-corrected chi connectivity index (χ3v) is 3.03. The first-order chi connectivity index (χ1) is 9.10. The smallest absolute Gasteiger partial charge is 0.407 e. The molecule has 1 atom stereocenters. The SMILES string of the molecule is Cc1nn(C)c(C)c1CC(N)CNC(=O)OC(C)(C)C. The van der Waals surface area contributed by atoms with E-state index < -0.39 is 11.7 Å². The summed E-state index contributed by atoms with van der Waals surface area (Å²) in [4.78, 5) is 11.5. The summed E-state index contributed by atoms with van der Waals surface area (Å²) in [6, 6.07) is -0.163. The number of amides is 1. The van der Waals surface area contributed by atoms with Gasteiger partial charge >= 0.3 is 6.09 Å². The molecule has 1 aromatic heterocycles. The van der Waals surface area contributed by atoms with Crippen LogP contribution in [0.15, 0.2) is 0 Å². The van der Waals surface area contributed by atoms with Gasteiger partial charge in [0.25, 0.3) is 0 Å². The van der Waals surface area contributed by atoms with Crippen molar-refractivity contribution in [2.24, 2.45) is 12.8 Å². The molecule has 20 heavy (non-hydrogen) atoms. The number of nitrogens with zero attached hydrogens (tertiary/aromatic N) is 2. The van der Waals surface area contributed by atoms with Crippen LogP contribution in [0.4, 0.5) is 4.79 Å². The predicted molar refractivity (Wildman–Crippen MR) is 78.6 cm³/mol.